The van der Waals surface area contributed by atoms with Crippen molar-refractivity contribution in [2.45, 2.75) is 37.6 Å². The predicted octanol–water partition coefficient (Wildman–Crippen LogP) is 3.22. The summed E-state index contributed by atoms with van der Waals surface area (Å²) in [6.07, 6.45) is 1.00. The molecule has 152 valence electrons. The molecule has 2 aliphatic rings. The Hall–Kier alpha value is -2.12. The molecule has 4 rings (SSSR count). The molecule has 2 saturated heterocycles. The van der Waals surface area contributed by atoms with Gasteiger partial charge in [0.2, 0.25) is 5.91 Å². The van der Waals surface area contributed by atoms with Gasteiger partial charge in [-0.15, -0.1) is 0 Å². The van der Waals surface area contributed by atoms with Crippen LogP contribution in [0.25, 0.3) is 0 Å². The molecule has 7 heteroatoms. The summed E-state index contributed by atoms with van der Waals surface area (Å²) in [7, 11) is -3.04. The maximum absolute atomic E-state index is 12.5. The molecule has 0 unspecified atom stereocenters. The summed E-state index contributed by atoms with van der Waals surface area (Å²) in [5.74, 6) is 0.130. The lowest BCUT2D eigenvalue weighted by molar-refractivity contribution is -0.117. The fraction of sp³-hybridized carbons (Fsp3) is 0.364. The Labute approximate surface area is 176 Å². The van der Waals surface area contributed by atoms with Crippen LogP contribution < -0.4 is 0 Å². The van der Waals surface area contributed by atoms with Crippen LogP contribution in [-0.4, -0.2) is 47.2 Å². The Balaban J connectivity index is 1.51. The molecule has 5 nitrogen and oxygen atoms in total. The van der Waals surface area contributed by atoms with Gasteiger partial charge in [-0.1, -0.05) is 71.9 Å². The summed E-state index contributed by atoms with van der Waals surface area (Å²) in [4.78, 5) is 18.9. The van der Waals surface area contributed by atoms with E-state index >= 15 is 0 Å². The highest BCUT2D eigenvalue weighted by molar-refractivity contribution is 8.15. The van der Waals surface area contributed by atoms with Crippen molar-refractivity contribution in [1.82, 2.24) is 4.90 Å². The molecular formula is C22H24N2O3S2. The number of rotatable bonds is 5. The zero-order valence-electron chi connectivity index (χ0n) is 16.3. The van der Waals surface area contributed by atoms with Gasteiger partial charge in [0.15, 0.2) is 15.0 Å². The lowest BCUT2D eigenvalue weighted by atomic mass is 10.1. The van der Waals surface area contributed by atoms with Crippen LogP contribution in [0.3, 0.4) is 0 Å². The highest BCUT2D eigenvalue weighted by Gasteiger charge is 2.48. The summed E-state index contributed by atoms with van der Waals surface area (Å²) in [5.41, 5.74) is 3.38. The number of benzene rings is 2. The predicted molar refractivity (Wildman–Crippen MR) is 118 cm³/mol. The van der Waals surface area contributed by atoms with Crippen molar-refractivity contribution in [2.24, 2.45) is 4.99 Å². The summed E-state index contributed by atoms with van der Waals surface area (Å²) in [5, 5.41) is 0.611. The number of carbonyl (C=O) groups excluding carboxylic acids is 1. The molecule has 0 bridgehead atoms. The highest BCUT2D eigenvalue weighted by Crippen LogP contribution is 2.39. The van der Waals surface area contributed by atoms with E-state index in [1.807, 2.05) is 66.4 Å². The zero-order chi connectivity index (χ0) is 20.4. The van der Waals surface area contributed by atoms with Gasteiger partial charge in [-0.25, -0.2) is 8.42 Å². The van der Waals surface area contributed by atoms with Gasteiger partial charge in [0.25, 0.3) is 0 Å². The third kappa shape index (κ3) is 4.90. The van der Waals surface area contributed by atoms with Crippen molar-refractivity contribution in [1.29, 1.82) is 0 Å². The maximum Gasteiger partial charge on any atom is 0.248 e. The Kier molecular flexibility index (Phi) is 5.79. The third-order valence-corrected chi connectivity index (χ3v) is 8.59. The summed E-state index contributed by atoms with van der Waals surface area (Å²) in [6, 6.07) is 18.0. The third-order valence-electron chi connectivity index (χ3n) is 5.34. The molecular weight excluding hydrogens is 404 g/mol. The summed E-state index contributed by atoms with van der Waals surface area (Å²) >= 11 is 1.44. The monoisotopic (exact) mass is 428 g/mol. The first kappa shape index (κ1) is 20.2. The van der Waals surface area contributed by atoms with Crippen LogP contribution in [0.15, 0.2) is 59.6 Å². The average molecular weight is 429 g/mol. The van der Waals surface area contributed by atoms with Gasteiger partial charge >= 0.3 is 0 Å². The zero-order valence-corrected chi connectivity index (χ0v) is 18.0. The van der Waals surface area contributed by atoms with Crippen LogP contribution in [-0.2, 0) is 27.6 Å². The largest absolute Gasteiger partial charge is 0.342 e. The lowest BCUT2D eigenvalue weighted by Gasteiger charge is -2.24. The number of sulfone groups is 1. The lowest BCUT2D eigenvalue weighted by Crippen LogP contribution is -2.37. The van der Waals surface area contributed by atoms with E-state index in [1.165, 1.54) is 17.3 Å². The van der Waals surface area contributed by atoms with Crippen molar-refractivity contribution in [3.05, 3.63) is 71.3 Å². The second kappa shape index (κ2) is 8.32. The van der Waals surface area contributed by atoms with Crippen LogP contribution in [0.1, 0.15) is 23.1 Å². The first-order valence-electron chi connectivity index (χ1n) is 9.74. The number of fused-ring (bicyclic) bond motifs is 1. The van der Waals surface area contributed by atoms with Crippen molar-refractivity contribution in [2.75, 3.05) is 11.5 Å². The number of hydrogen-bond acceptors (Lipinski definition) is 4. The molecule has 0 saturated carbocycles. The van der Waals surface area contributed by atoms with E-state index in [1.54, 1.807) is 0 Å². The molecule has 2 aliphatic heterocycles. The molecule has 0 N–H and O–H groups in total. The fourth-order valence-electron chi connectivity index (χ4n) is 3.77. The number of carbonyl (C=O) groups is 1. The normalized spacial score (nSPS) is 24.0. The number of amidine groups is 1. The van der Waals surface area contributed by atoms with Gasteiger partial charge in [0.1, 0.15) is 0 Å². The molecule has 0 spiro atoms. The summed E-state index contributed by atoms with van der Waals surface area (Å²) < 4.78 is 24.3. The standard InChI is InChI=1S/C22H24N2O3S2/c1-16-7-9-18(10-8-16)13-24-19-14-29(26,27)15-20(19)28-22(24)23-21(25)12-11-17-5-3-2-4-6-17/h2-10,19-20H,11-15H2,1H3/t19-,20+/m1/s1. The van der Waals surface area contributed by atoms with Gasteiger partial charge < -0.3 is 4.90 Å². The van der Waals surface area contributed by atoms with E-state index < -0.39 is 9.84 Å². The van der Waals surface area contributed by atoms with E-state index in [2.05, 4.69) is 4.99 Å². The molecule has 1 amide bonds. The van der Waals surface area contributed by atoms with Crippen LogP contribution in [0.4, 0.5) is 0 Å². The molecule has 0 aromatic heterocycles. The van der Waals surface area contributed by atoms with Crippen molar-refractivity contribution in [3.63, 3.8) is 0 Å². The number of aryl methyl sites for hydroxylation is 2. The van der Waals surface area contributed by atoms with Crippen molar-refractivity contribution < 1.29 is 13.2 Å². The Morgan fingerprint density at radius 2 is 1.79 bits per heavy atom. The summed E-state index contributed by atoms with van der Waals surface area (Å²) in [6.45, 7) is 2.60. The Bertz CT molecular complexity index is 1020. The van der Waals surface area contributed by atoms with E-state index in [-0.39, 0.29) is 28.7 Å². The second-order valence-corrected chi connectivity index (χ2v) is 11.0. The van der Waals surface area contributed by atoms with Gasteiger partial charge in [0.05, 0.1) is 17.5 Å². The van der Waals surface area contributed by atoms with Crippen LogP contribution in [0, 0.1) is 6.92 Å². The number of hydrogen-bond donors (Lipinski definition) is 0. The smallest absolute Gasteiger partial charge is 0.248 e. The molecule has 2 aromatic carbocycles. The molecule has 0 radical (unpaired) electrons. The number of thioether (sulfide) groups is 1. The van der Waals surface area contributed by atoms with E-state index in [4.69, 9.17) is 0 Å². The molecule has 0 aliphatic carbocycles. The highest BCUT2D eigenvalue weighted by atomic mass is 32.2. The van der Waals surface area contributed by atoms with Crippen LogP contribution in [0.2, 0.25) is 0 Å². The van der Waals surface area contributed by atoms with Gasteiger partial charge in [-0.3, -0.25) is 4.79 Å². The topological polar surface area (TPSA) is 66.8 Å². The average Bonchev–Trinajstić information content (AvgIpc) is 3.15. The van der Waals surface area contributed by atoms with E-state index in [9.17, 15) is 13.2 Å². The molecule has 29 heavy (non-hydrogen) atoms. The van der Waals surface area contributed by atoms with Crippen molar-refractivity contribution >= 4 is 32.7 Å². The maximum atomic E-state index is 12.5. The Morgan fingerprint density at radius 1 is 1.07 bits per heavy atom. The van der Waals surface area contributed by atoms with E-state index in [0.29, 0.717) is 24.6 Å². The number of amides is 1. The fourth-order valence-corrected chi connectivity index (χ4v) is 7.74. The van der Waals surface area contributed by atoms with E-state index in [0.717, 1.165) is 11.1 Å². The minimum Gasteiger partial charge on any atom is -0.342 e. The molecule has 2 aromatic rings. The second-order valence-electron chi connectivity index (χ2n) is 7.69. The first-order chi connectivity index (χ1) is 13.9. The quantitative estimate of drug-likeness (QED) is 0.732. The number of aliphatic imine (C=N–C) groups is 1. The molecule has 2 atom stereocenters. The van der Waals surface area contributed by atoms with Gasteiger partial charge in [-0.2, -0.15) is 4.99 Å². The first-order valence-corrected chi connectivity index (χ1v) is 12.4. The molecule has 2 fully saturated rings. The molecule has 2 heterocycles. The van der Waals surface area contributed by atoms with Crippen molar-refractivity contribution in [3.8, 4) is 0 Å². The van der Waals surface area contributed by atoms with Gasteiger partial charge in [-0.05, 0) is 24.5 Å². The minimum absolute atomic E-state index is 0.0499. The minimum atomic E-state index is -3.04. The van der Waals surface area contributed by atoms with Crippen LogP contribution >= 0.6 is 11.8 Å². The SMILES string of the molecule is Cc1ccc(CN2C(=NC(=O)CCc3ccccc3)S[C@H]3CS(=O)(=O)C[C@H]32)cc1. The van der Waals surface area contributed by atoms with Gasteiger partial charge in [0, 0.05) is 18.2 Å². The Morgan fingerprint density at radius 3 is 2.52 bits per heavy atom. The van der Waals surface area contributed by atoms with Crippen LogP contribution in [0.5, 0.6) is 0 Å². The number of nitrogens with zero attached hydrogens (tertiary/aromatic N) is 2.